The van der Waals surface area contributed by atoms with E-state index in [1.54, 1.807) is 14.2 Å². The predicted octanol–water partition coefficient (Wildman–Crippen LogP) is 3.39. The molecule has 0 unspecified atom stereocenters. The molecule has 0 aliphatic rings. The van der Waals surface area contributed by atoms with Gasteiger partial charge in [0.2, 0.25) is 5.91 Å². The second-order valence-corrected chi connectivity index (χ2v) is 7.11. The molecule has 3 aromatic rings. The predicted molar refractivity (Wildman–Crippen MR) is 113 cm³/mol. The minimum absolute atomic E-state index is 0.0725. The minimum Gasteiger partial charge on any atom is -0.493 e. The number of nitrogens with zero attached hydrogens (tertiary/aromatic N) is 3. The molecular weight excluding hydrogens is 388 g/mol. The molecule has 3 rings (SSSR count). The number of methoxy groups -OCH3 is 2. The summed E-state index contributed by atoms with van der Waals surface area (Å²) >= 11 is 1.38. The van der Waals surface area contributed by atoms with E-state index in [1.807, 2.05) is 60.0 Å². The summed E-state index contributed by atoms with van der Waals surface area (Å²) in [6.07, 6.45) is 0. The van der Waals surface area contributed by atoms with Crippen LogP contribution in [0.3, 0.4) is 0 Å². The maximum absolute atomic E-state index is 12.3. The van der Waals surface area contributed by atoms with Gasteiger partial charge in [0.1, 0.15) is 0 Å². The van der Waals surface area contributed by atoms with E-state index in [9.17, 15) is 4.79 Å². The van der Waals surface area contributed by atoms with Crippen molar-refractivity contribution in [3.05, 3.63) is 54.1 Å². The highest BCUT2D eigenvalue weighted by Gasteiger charge is 2.14. The fraction of sp³-hybridized carbons (Fsp3) is 0.286. The molecule has 0 aliphatic heterocycles. The molecule has 1 aromatic heterocycles. The molecular formula is C21H24N4O3S. The van der Waals surface area contributed by atoms with Gasteiger partial charge in [0, 0.05) is 18.7 Å². The Hall–Kier alpha value is -3.00. The van der Waals surface area contributed by atoms with E-state index in [1.165, 1.54) is 11.8 Å². The van der Waals surface area contributed by atoms with Crippen molar-refractivity contribution in [2.45, 2.75) is 25.2 Å². The lowest BCUT2D eigenvalue weighted by Crippen LogP contribution is -2.24. The van der Waals surface area contributed by atoms with Crippen LogP contribution in [-0.4, -0.2) is 40.6 Å². The molecule has 8 heteroatoms. The fourth-order valence-corrected chi connectivity index (χ4v) is 3.69. The third-order valence-corrected chi connectivity index (χ3v) is 5.30. The molecule has 0 saturated carbocycles. The van der Waals surface area contributed by atoms with E-state index in [2.05, 4.69) is 15.5 Å². The Balaban J connectivity index is 1.58. The van der Waals surface area contributed by atoms with Gasteiger partial charge in [-0.1, -0.05) is 48.2 Å². The standard InChI is InChI=1S/C21H24N4O3S/c1-4-25-20(16-8-6-5-7-9-16)23-24-21(25)29-14-19(26)22-13-15-10-11-17(27-2)18(12-15)28-3/h5-12H,4,13-14H2,1-3H3,(H,22,26). The Bertz CT molecular complexity index is 960. The van der Waals surface area contributed by atoms with Crippen LogP contribution in [0.25, 0.3) is 11.4 Å². The van der Waals surface area contributed by atoms with Crippen molar-refractivity contribution in [1.29, 1.82) is 0 Å². The second-order valence-electron chi connectivity index (χ2n) is 6.17. The number of carbonyl (C=O) groups excluding carboxylic acids is 1. The lowest BCUT2D eigenvalue weighted by molar-refractivity contribution is -0.118. The first-order valence-electron chi connectivity index (χ1n) is 9.25. The van der Waals surface area contributed by atoms with Crippen molar-refractivity contribution in [2.24, 2.45) is 0 Å². The Labute approximate surface area is 174 Å². The quantitative estimate of drug-likeness (QED) is 0.543. The molecule has 0 bridgehead atoms. The van der Waals surface area contributed by atoms with Gasteiger partial charge in [0.05, 0.1) is 20.0 Å². The van der Waals surface area contributed by atoms with Crippen molar-refractivity contribution in [1.82, 2.24) is 20.1 Å². The first-order valence-corrected chi connectivity index (χ1v) is 10.2. The summed E-state index contributed by atoms with van der Waals surface area (Å²) in [4.78, 5) is 12.3. The van der Waals surface area contributed by atoms with E-state index in [4.69, 9.17) is 9.47 Å². The summed E-state index contributed by atoms with van der Waals surface area (Å²) in [7, 11) is 3.18. The number of hydrogen-bond acceptors (Lipinski definition) is 6. The van der Waals surface area contributed by atoms with Gasteiger partial charge in [-0.15, -0.1) is 10.2 Å². The molecule has 2 aromatic carbocycles. The summed E-state index contributed by atoms with van der Waals surface area (Å²) in [6.45, 7) is 3.18. The van der Waals surface area contributed by atoms with Gasteiger partial charge in [-0.2, -0.15) is 0 Å². The Morgan fingerprint density at radius 3 is 2.52 bits per heavy atom. The van der Waals surface area contributed by atoms with Crippen molar-refractivity contribution >= 4 is 17.7 Å². The number of aromatic nitrogens is 3. The van der Waals surface area contributed by atoms with Crippen LogP contribution in [0, 0.1) is 0 Å². The molecule has 1 N–H and O–H groups in total. The smallest absolute Gasteiger partial charge is 0.230 e. The molecule has 0 saturated heterocycles. The normalized spacial score (nSPS) is 10.6. The Morgan fingerprint density at radius 1 is 1.07 bits per heavy atom. The van der Waals surface area contributed by atoms with Gasteiger partial charge < -0.3 is 19.4 Å². The Morgan fingerprint density at radius 2 is 1.83 bits per heavy atom. The van der Waals surface area contributed by atoms with E-state index in [0.29, 0.717) is 18.0 Å². The van der Waals surface area contributed by atoms with Crippen LogP contribution in [0.2, 0.25) is 0 Å². The largest absolute Gasteiger partial charge is 0.493 e. The zero-order valence-electron chi connectivity index (χ0n) is 16.7. The number of benzene rings is 2. The van der Waals surface area contributed by atoms with Crippen LogP contribution in [-0.2, 0) is 17.9 Å². The van der Waals surface area contributed by atoms with Gasteiger partial charge in [0.15, 0.2) is 22.5 Å². The number of rotatable bonds is 9. The average Bonchev–Trinajstić information content (AvgIpc) is 3.19. The molecule has 0 aliphatic carbocycles. The summed E-state index contributed by atoms with van der Waals surface area (Å²) < 4.78 is 12.5. The van der Waals surface area contributed by atoms with Crippen LogP contribution in [0.15, 0.2) is 53.7 Å². The highest BCUT2D eigenvalue weighted by molar-refractivity contribution is 7.99. The van der Waals surface area contributed by atoms with Crippen molar-refractivity contribution in [2.75, 3.05) is 20.0 Å². The molecule has 7 nitrogen and oxygen atoms in total. The lowest BCUT2D eigenvalue weighted by atomic mass is 10.2. The first kappa shape index (κ1) is 20.7. The van der Waals surface area contributed by atoms with Crippen LogP contribution in [0.4, 0.5) is 0 Å². The van der Waals surface area contributed by atoms with E-state index in [0.717, 1.165) is 28.7 Å². The molecule has 0 spiro atoms. The van der Waals surface area contributed by atoms with Crippen LogP contribution in [0.5, 0.6) is 11.5 Å². The fourth-order valence-electron chi connectivity index (χ4n) is 2.85. The molecule has 0 atom stereocenters. The van der Waals surface area contributed by atoms with Crippen LogP contribution in [0.1, 0.15) is 12.5 Å². The van der Waals surface area contributed by atoms with Gasteiger partial charge in [-0.3, -0.25) is 4.79 Å². The lowest BCUT2D eigenvalue weighted by Gasteiger charge is -2.10. The first-order chi connectivity index (χ1) is 14.2. The van der Waals surface area contributed by atoms with Gasteiger partial charge in [-0.25, -0.2) is 0 Å². The number of nitrogens with one attached hydrogen (secondary N) is 1. The maximum Gasteiger partial charge on any atom is 0.230 e. The number of carbonyl (C=O) groups is 1. The maximum atomic E-state index is 12.3. The number of thioether (sulfide) groups is 1. The number of ether oxygens (including phenoxy) is 2. The van der Waals surface area contributed by atoms with Crippen molar-refractivity contribution in [3.63, 3.8) is 0 Å². The average molecular weight is 413 g/mol. The topological polar surface area (TPSA) is 78.3 Å². The van der Waals surface area contributed by atoms with Gasteiger partial charge in [0.25, 0.3) is 0 Å². The number of hydrogen-bond donors (Lipinski definition) is 1. The zero-order chi connectivity index (χ0) is 20.6. The van der Waals surface area contributed by atoms with E-state index < -0.39 is 0 Å². The van der Waals surface area contributed by atoms with E-state index >= 15 is 0 Å². The minimum atomic E-state index is -0.0725. The summed E-state index contributed by atoms with van der Waals surface area (Å²) in [6, 6.07) is 15.5. The highest BCUT2D eigenvalue weighted by Crippen LogP contribution is 2.27. The number of amides is 1. The van der Waals surface area contributed by atoms with Crippen molar-refractivity contribution in [3.8, 4) is 22.9 Å². The third-order valence-electron chi connectivity index (χ3n) is 4.34. The monoisotopic (exact) mass is 412 g/mol. The second kappa shape index (κ2) is 9.97. The molecule has 0 fully saturated rings. The Kier molecular flexibility index (Phi) is 7.13. The van der Waals surface area contributed by atoms with Crippen LogP contribution >= 0.6 is 11.8 Å². The summed E-state index contributed by atoms with van der Waals surface area (Å²) in [5.74, 6) is 2.29. The summed E-state index contributed by atoms with van der Waals surface area (Å²) in [5.41, 5.74) is 1.94. The molecule has 0 radical (unpaired) electrons. The highest BCUT2D eigenvalue weighted by atomic mass is 32.2. The van der Waals surface area contributed by atoms with E-state index in [-0.39, 0.29) is 11.7 Å². The molecule has 29 heavy (non-hydrogen) atoms. The zero-order valence-corrected chi connectivity index (χ0v) is 17.5. The van der Waals surface area contributed by atoms with Crippen LogP contribution < -0.4 is 14.8 Å². The third kappa shape index (κ3) is 5.08. The molecule has 1 amide bonds. The van der Waals surface area contributed by atoms with Crippen molar-refractivity contribution < 1.29 is 14.3 Å². The van der Waals surface area contributed by atoms with Gasteiger partial charge in [-0.05, 0) is 24.6 Å². The summed E-state index contributed by atoms with van der Waals surface area (Å²) in [5, 5.41) is 12.2. The molecule has 1 heterocycles. The SMILES string of the molecule is CCn1c(SCC(=O)NCc2ccc(OC)c(OC)c2)nnc1-c1ccccc1. The van der Waals surface area contributed by atoms with Gasteiger partial charge >= 0.3 is 0 Å². The molecule has 152 valence electrons.